The predicted octanol–water partition coefficient (Wildman–Crippen LogP) is 5.70. The van der Waals surface area contributed by atoms with Crippen LogP contribution in [0.2, 0.25) is 0 Å². The lowest BCUT2D eigenvalue weighted by molar-refractivity contribution is -0.116. The monoisotopic (exact) mass is 514 g/mol. The van der Waals surface area contributed by atoms with Crippen LogP contribution in [0, 0.1) is 6.92 Å². The first-order chi connectivity index (χ1) is 16.1. The van der Waals surface area contributed by atoms with Crippen LogP contribution in [-0.2, 0) is 14.9 Å². The highest BCUT2D eigenvalue weighted by Crippen LogP contribution is 2.20. The van der Waals surface area contributed by atoms with Crippen LogP contribution < -0.4 is 10.6 Å². The summed E-state index contributed by atoms with van der Waals surface area (Å²) in [6.07, 6.45) is 0.299. The van der Waals surface area contributed by atoms with Crippen LogP contribution >= 0.6 is 0 Å². The fraction of sp³-hybridized carbons (Fsp3) is 0.286. The fourth-order valence-corrected chi connectivity index (χ4v) is 3.35. The number of carbonyl (C=O) groups is 2. The Morgan fingerprint density at radius 1 is 0.861 bits per heavy atom. The van der Waals surface area contributed by atoms with E-state index in [1.54, 1.807) is 24.3 Å². The first-order valence-corrected chi connectivity index (χ1v) is 12.4. The Kier molecular flexibility index (Phi) is 14.7. The smallest absolute Gasteiger partial charge is 0.266 e. The standard InChI is InChI=1S/C20H24N2O5S.C6H6.2CH4/c1-14-3-9-18(10-4-14)22-19(23)13-15(2)16-5-7-17(8-6-16)20(24)21-11-12-28(25,26)27;1-2-4-6-5-3-1;;/h3-10,15H,11-13H2,1-2H3,(H,21,24)(H,22,23)(H,25,26,27);1-6H;2*1H4. The molecule has 3 rings (SSSR count). The van der Waals surface area contributed by atoms with Gasteiger partial charge in [0.1, 0.15) is 0 Å². The van der Waals surface area contributed by atoms with E-state index < -0.39 is 21.8 Å². The van der Waals surface area contributed by atoms with Gasteiger partial charge in [-0.3, -0.25) is 14.1 Å². The Balaban J connectivity index is 0.00000134. The van der Waals surface area contributed by atoms with Gasteiger partial charge in [-0.05, 0) is 42.7 Å². The number of hydrogen-bond donors (Lipinski definition) is 3. The first kappa shape index (κ1) is 32.5. The number of hydrogen-bond acceptors (Lipinski definition) is 4. The molecule has 7 nitrogen and oxygen atoms in total. The summed E-state index contributed by atoms with van der Waals surface area (Å²) in [5, 5.41) is 5.29. The van der Waals surface area contributed by atoms with Crippen LogP contribution in [0.4, 0.5) is 5.69 Å². The van der Waals surface area contributed by atoms with Gasteiger partial charge in [0.2, 0.25) is 5.91 Å². The van der Waals surface area contributed by atoms with Crippen molar-refractivity contribution in [2.45, 2.75) is 41.0 Å². The summed E-state index contributed by atoms with van der Waals surface area (Å²) in [5.41, 5.74) is 3.15. The molecule has 0 bridgehead atoms. The van der Waals surface area contributed by atoms with Gasteiger partial charge in [0.25, 0.3) is 16.0 Å². The second-order valence-corrected chi connectivity index (χ2v) is 9.41. The van der Waals surface area contributed by atoms with Gasteiger partial charge in [-0.25, -0.2) is 0 Å². The van der Waals surface area contributed by atoms with E-state index in [0.29, 0.717) is 12.0 Å². The molecule has 0 fully saturated rings. The van der Waals surface area contributed by atoms with Gasteiger partial charge in [0, 0.05) is 24.2 Å². The minimum atomic E-state index is -4.11. The summed E-state index contributed by atoms with van der Waals surface area (Å²) < 4.78 is 30.0. The fourth-order valence-electron chi connectivity index (χ4n) is 2.99. The van der Waals surface area contributed by atoms with E-state index in [2.05, 4.69) is 10.6 Å². The molecule has 3 N–H and O–H groups in total. The lowest BCUT2D eigenvalue weighted by Crippen LogP contribution is -2.28. The average Bonchev–Trinajstić information content (AvgIpc) is 2.81. The number of amides is 2. The maximum Gasteiger partial charge on any atom is 0.266 e. The van der Waals surface area contributed by atoms with Crippen molar-refractivity contribution in [2.24, 2.45) is 0 Å². The van der Waals surface area contributed by atoms with Gasteiger partial charge in [-0.15, -0.1) is 0 Å². The second-order valence-electron chi connectivity index (χ2n) is 7.84. The van der Waals surface area contributed by atoms with E-state index in [4.69, 9.17) is 4.55 Å². The molecule has 0 radical (unpaired) electrons. The summed E-state index contributed by atoms with van der Waals surface area (Å²) in [6, 6.07) is 26.3. The van der Waals surface area contributed by atoms with Crippen LogP contribution in [-0.4, -0.2) is 37.1 Å². The number of aryl methyl sites for hydroxylation is 1. The maximum absolute atomic E-state index is 12.2. The third kappa shape index (κ3) is 12.8. The highest BCUT2D eigenvalue weighted by Gasteiger charge is 2.13. The quantitative estimate of drug-likeness (QED) is 0.334. The topological polar surface area (TPSA) is 113 Å². The molecule has 0 aliphatic carbocycles. The molecule has 0 spiro atoms. The zero-order chi connectivity index (χ0) is 25.0. The average molecular weight is 515 g/mol. The van der Waals surface area contributed by atoms with E-state index in [9.17, 15) is 18.0 Å². The lowest BCUT2D eigenvalue weighted by Gasteiger charge is -2.13. The number of carbonyl (C=O) groups excluding carboxylic acids is 2. The second kappa shape index (κ2) is 16.2. The third-order valence-electron chi connectivity index (χ3n) is 4.88. The Labute approximate surface area is 215 Å². The molecule has 0 aliphatic heterocycles. The molecule has 0 saturated carbocycles. The van der Waals surface area contributed by atoms with Crippen molar-refractivity contribution >= 4 is 27.6 Å². The molecule has 0 saturated heterocycles. The Hall–Kier alpha value is -3.49. The van der Waals surface area contributed by atoms with E-state index >= 15 is 0 Å². The molecule has 196 valence electrons. The normalized spacial score (nSPS) is 10.9. The van der Waals surface area contributed by atoms with E-state index in [1.807, 2.05) is 74.5 Å². The number of rotatable bonds is 8. The van der Waals surface area contributed by atoms with Crippen molar-refractivity contribution in [3.63, 3.8) is 0 Å². The largest absolute Gasteiger partial charge is 0.351 e. The van der Waals surface area contributed by atoms with Crippen molar-refractivity contribution < 1.29 is 22.6 Å². The SMILES string of the molecule is C.C.Cc1ccc(NC(=O)CC(C)c2ccc(C(=O)NCCS(=O)(=O)O)cc2)cc1.c1ccccc1. The zero-order valence-electron chi connectivity index (χ0n) is 19.3. The van der Waals surface area contributed by atoms with Gasteiger partial charge < -0.3 is 10.6 Å². The molecule has 1 atom stereocenters. The maximum atomic E-state index is 12.2. The zero-order valence-corrected chi connectivity index (χ0v) is 20.1. The summed E-state index contributed by atoms with van der Waals surface area (Å²) in [7, 11) is -4.11. The number of benzene rings is 3. The molecule has 2 amide bonds. The molecular formula is C28H38N2O5S. The van der Waals surface area contributed by atoms with Gasteiger partial charge in [0.15, 0.2) is 0 Å². The lowest BCUT2D eigenvalue weighted by atomic mass is 9.96. The van der Waals surface area contributed by atoms with E-state index in [0.717, 1.165) is 16.8 Å². The molecule has 3 aromatic rings. The van der Waals surface area contributed by atoms with E-state index in [1.165, 1.54) is 0 Å². The van der Waals surface area contributed by atoms with Crippen LogP contribution in [0.1, 0.15) is 55.6 Å². The summed E-state index contributed by atoms with van der Waals surface area (Å²) in [5.74, 6) is -1.10. The predicted molar refractivity (Wildman–Crippen MR) is 148 cm³/mol. The molecule has 36 heavy (non-hydrogen) atoms. The van der Waals surface area contributed by atoms with Gasteiger partial charge in [-0.1, -0.05) is 88.0 Å². The van der Waals surface area contributed by atoms with Crippen molar-refractivity contribution in [1.29, 1.82) is 0 Å². The first-order valence-electron chi connectivity index (χ1n) is 10.8. The summed E-state index contributed by atoms with van der Waals surface area (Å²) in [4.78, 5) is 24.2. The minimum absolute atomic E-state index is 0. The molecule has 3 aromatic carbocycles. The highest BCUT2D eigenvalue weighted by molar-refractivity contribution is 7.85. The Bertz CT molecular complexity index is 1120. The van der Waals surface area contributed by atoms with Crippen LogP contribution in [0.5, 0.6) is 0 Å². The molecule has 8 heteroatoms. The van der Waals surface area contributed by atoms with Crippen LogP contribution in [0.3, 0.4) is 0 Å². The van der Waals surface area contributed by atoms with Crippen molar-refractivity contribution in [1.82, 2.24) is 5.32 Å². The molecule has 0 aliphatic rings. The molecule has 0 aromatic heterocycles. The van der Waals surface area contributed by atoms with Gasteiger partial charge in [-0.2, -0.15) is 8.42 Å². The van der Waals surface area contributed by atoms with Gasteiger partial charge in [0.05, 0.1) is 5.75 Å². The van der Waals surface area contributed by atoms with E-state index in [-0.39, 0.29) is 33.2 Å². The highest BCUT2D eigenvalue weighted by atomic mass is 32.2. The minimum Gasteiger partial charge on any atom is -0.351 e. The molecule has 0 heterocycles. The van der Waals surface area contributed by atoms with Crippen molar-refractivity contribution in [3.8, 4) is 0 Å². The van der Waals surface area contributed by atoms with Gasteiger partial charge >= 0.3 is 0 Å². The summed E-state index contributed by atoms with van der Waals surface area (Å²) >= 11 is 0. The Morgan fingerprint density at radius 2 is 1.36 bits per heavy atom. The van der Waals surface area contributed by atoms with Crippen LogP contribution in [0.15, 0.2) is 84.9 Å². The number of nitrogens with one attached hydrogen (secondary N) is 2. The molecule has 1 unspecified atom stereocenters. The number of anilines is 1. The summed E-state index contributed by atoms with van der Waals surface area (Å²) in [6.45, 7) is 3.73. The Morgan fingerprint density at radius 3 is 1.83 bits per heavy atom. The third-order valence-corrected chi connectivity index (χ3v) is 5.60. The molecular weight excluding hydrogens is 476 g/mol. The van der Waals surface area contributed by atoms with Crippen LogP contribution in [0.25, 0.3) is 0 Å². The van der Waals surface area contributed by atoms with Crippen molar-refractivity contribution in [3.05, 3.63) is 102 Å². The van der Waals surface area contributed by atoms with Crippen molar-refractivity contribution in [2.75, 3.05) is 17.6 Å².